The largest absolute Gasteiger partial charge is 0.358 e. The minimum Gasteiger partial charge on any atom is -0.358 e. The summed E-state index contributed by atoms with van der Waals surface area (Å²) in [5.74, 6) is -0.272. The number of H-pyrrole nitrogens is 1. The highest BCUT2D eigenvalue weighted by Crippen LogP contribution is 2.28. The van der Waals surface area contributed by atoms with Gasteiger partial charge in [-0.05, 0) is 37.6 Å². The number of halogens is 1. The van der Waals surface area contributed by atoms with Gasteiger partial charge in [-0.1, -0.05) is 19.6 Å². The average Bonchev–Trinajstić information content (AvgIpc) is 2.81. The van der Waals surface area contributed by atoms with Crippen LogP contribution in [0.25, 0.3) is 17.0 Å². The first-order valence-corrected chi connectivity index (χ1v) is 7.51. The highest BCUT2D eigenvalue weighted by Gasteiger charge is 2.17. The predicted octanol–water partition coefficient (Wildman–Crippen LogP) is 3.18. The lowest BCUT2D eigenvalue weighted by molar-refractivity contribution is 0.629. The smallest absolute Gasteiger partial charge is 0.125 e. The van der Waals surface area contributed by atoms with Gasteiger partial charge in [-0.15, -0.1) is 0 Å². The molecule has 22 heavy (non-hydrogen) atoms. The lowest BCUT2D eigenvalue weighted by Gasteiger charge is -2.10. The summed E-state index contributed by atoms with van der Waals surface area (Å²) >= 11 is 0. The zero-order chi connectivity index (χ0) is 16.1. The van der Waals surface area contributed by atoms with E-state index >= 15 is 0 Å². The van der Waals surface area contributed by atoms with Crippen LogP contribution in [0.15, 0.2) is 23.8 Å². The number of nitrogens with zero attached hydrogens (tertiary/aromatic N) is 1. The Bertz CT molecular complexity index is 700. The molecule has 0 saturated carbocycles. The van der Waals surface area contributed by atoms with E-state index in [0.717, 1.165) is 46.4 Å². The Morgan fingerprint density at radius 3 is 2.86 bits per heavy atom. The molecular weight excluding hydrogens is 279 g/mol. The van der Waals surface area contributed by atoms with Gasteiger partial charge in [0.05, 0.1) is 5.71 Å². The molecule has 0 radical (unpaired) electrons. The van der Waals surface area contributed by atoms with E-state index in [2.05, 4.69) is 34.3 Å². The van der Waals surface area contributed by atoms with Crippen LogP contribution in [0.5, 0.6) is 0 Å². The molecule has 1 aromatic carbocycles. The maximum absolute atomic E-state index is 13.7. The van der Waals surface area contributed by atoms with Gasteiger partial charge in [0, 0.05) is 35.8 Å². The Kier molecular flexibility index (Phi) is 5.33. The summed E-state index contributed by atoms with van der Waals surface area (Å²) in [4.78, 5) is 3.25. The zero-order valence-electron chi connectivity index (χ0n) is 13.4. The third-order valence-electron chi connectivity index (χ3n) is 3.56. The molecule has 0 amide bonds. The molecule has 2 rings (SSSR count). The quantitative estimate of drug-likeness (QED) is 0.418. The van der Waals surface area contributed by atoms with Crippen LogP contribution in [0.3, 0.4) is 0 Å². The molecule has 0 unspecified atom stereocenters. The second-order valence-electron chi connectivity index (χ2n) is 5.21. The first kappa shape index (κ1) is 16.2. The second kappa shape index (κ2) is 7.22. The summed E-state index contributed by atoms with van der Waals surface area (Å²) in [7, 11) is 1.78. The Balaban J connectivity index is 2.59. The molecule has 5 heteroatoms. The van der Waals surface area contributed by atoms with E-state index in [9.17, 15) is 4.39 Å². The van der Waals surface area contributed by atoms with Gasteiger partial charge in [0.2, 0.25) is 0 Å². The predicted molar refractivity (Wildman–Crippen MR) is 91.8 cm³/mol. The molecule has 4 nitrogen and oxygen atoms in total. The molecule has 0 spiro atoms. The maximum Gasteiger partial charge on any atom is 0.125 e. The van der Waals surface area contributed by atoms with Crippen molar-refractivity contribution in [1.29, 1.82) is 0 Å². The first-order valence-electron chi connectivity index (χ1n) is 7.51. The summed E-state index contributed by atoms with van der Waals surface area (Å²) in [6.45, 7) is 9.47. The van der Waals surface area contributed by atoms with Gasteiger partial charge in [0.15, 0.2) is 0 Å². The van der Waals surface area contributed by atoms with Crippen LogP contribution < -0.4 is 10.7 Å². The van der Waals surface area contributed by atoms with Crippen molar-refractivity contribution in [3.05, 3.63) is 41.3 Å². The summed E-state index contributed by atoms with van der Waals surface area (Å²) in [5.41, 5.74) is 7.26. The van der Waals surface area contributed by atoms with Crippen LogP contribution >= 0.6 is 0 Å². The van der Waals surface area contributed by atoms with E-state index in [1.54, 1.807) is 13.1 Å². The van der Waals surface area contributed by atoms with E-state index in [4.69, 9.17) is 0 Å². The SMILES string of the molecule is C=Cc1cc(F)cc2[nH]c(C)c(/C(CNCCC)=N\NC)c12. The van der Waals surface area contributed by atoms with Crippen molar-refractivity contribution < 1.29 is 4.39 Å². The number of hydrogen-bond donors (Lipinski definition) is 3. The Hall–Kier alpha value is -2.14. The van der Waals surface area contributed by atoms with Crippen LogP contribution in [0, 0.1) is 12.7 Å². The van der Waals surface area contributed by atoms with Crippen molar-refractivity contribution in [3.8, 4) is 0 Å². The third-order valence-corrected chi connectivity index (χ3v) is 3.56. The van der Waals surface area contributed by atoms with Crippen molar-refractivity contribution in [2.24, 2.45) is 5.10 Å². The molecular formula is C17H23FN4. The standard InChI is InChI=1S/C17H23FN4/c1-5-7-20-10-15(22-19-4)16-11(3)21-14-9-13(18)8-12(6-2)17(14)16/h6,8-9,19-21H,2,5,7,10H2,1,3-4H3/b22-15-. The van der Waals surface area contributed by atoms with Crippen LogP contribution in [-0.4, -0.2) is 30.8 Å². The number of aromatic nitrogens is 1. The van der Waals surface area contributed by atoms with Crippen LogP contribution in [-0.2, 0) is 0 Å². The monoisotopic (exact) mass is 302 g/mol. The van der Waals surface area contributed by atoms with E-state index < -0.39 is 0 Å². The van der Waals surface area contributed by atoms with Gasteiger partial charge in [0.25, 0.3) is 0 Å². The Morgan fingerprint density at radius 1 is 1.45 bits per heavy atom. The molecule has 0 bridgehead atoms. The van der Waals surface area contributed by atoms with Crippen molar-refractivity contribution in [2.45, 2.75) is 20.3 Å². The van der Waals surface area contributed by atoms with Crippen LogP contribution in [0.1, 0.15) is 30.2 Å². The summed E-state index contributed by atoms with van der Waals surface area (Å²) in [6, 6.07) is 3.01. The molecule has 2 aromatic rings. The van der Waals surface area contributed by atoms with E-state index in [1.165, 1.54) is 12.1 Å². The lowest BCUT2D eigenvalue weighted by atomic mass is 10.0. The molecule has 0 fully saturated rings. The number of hydrazone groups is 1. The molecule has 0 aliphatic carbocycles. The fourth-order valence-corrected chi connectivity index (χ4v) is 2.68. The zero-order valence-corrected chi connectivity index (χ0v) is 13.4. The lowest BCUT2D eigenvalue weighted by Crippen LogP contribution is -2.26. The normalized spacial score (nSPS) is 11.9. The first-order chi connectivity index (χ1) is 10.6. The van der Waals surface area contributed by atoms with Gasteiger partial charge >= 0.3 is 0 Å². The van der Waals surface area contributed by atoms with Gasteiger partial charge in [-0.3, -0.25) is 0 Å². The maximum atomic E-state index is 13.7. The Labute approximate surface area is 130 Å². The van der Waals surface area contributed by atoms with E-state index in [0.29, 0.717) is 6.54 Å². The molecule has 118 valence electrons. The molecule has 0 aliphatic heterocycles. The summed E-state index contributed by atoms with van der Waals surface area (Å²) < 4.78 is 13.7. The topological polar surface area (TPSA) is 52.2 Å². The highest BCUT2D eigenvalue weighted by molar-refractivity contribution is 6.14. The minimum atomic E-state index is -0.272. The van der Waals surface area contributed by atoms with Crippen molar-refractivity contribution in [2.75, 3.05) is 20.1 Å². The van der Waals surface area contributed by atoms with Gasteiger partial charge in [-0.2, -0.15) is 5.10 Å². The number of fused-ring (bicyclic) bond motifs is 1. The molecule has 0 aliphatic rings. The number of aryl methyl sites for hydroxylation is 1. The summed E-state index contributed by atoms with van der Waals surface area (Å²) in [6.07, 6.45) is 2.74. The minimum absolute atomic E-state index is 0.272. The number of aromatic amines is 1. The fourth-order valence-electron chi connectivity index (χ4n) is 2.68. The van der Waals surface area contributed by atoms with Crippen molar-refractivity contribution in [1.82, 2.24) is 15.7 Å². The fraction of sp³-hybridized carbons (Fsp3) is 0.353. The van der Waals surface area contributed by atoms with Crippen molar-refractivity contribution >= 4 is 22.7 Å². The van der Waals surface area contributed by atoms with E-state index in [-0.39, 0.29) is 5.82 Å². The van der Waals surface area contributed by atoms with Gasteiger partial charge < -0.3 is 15.7 Å². The third kappa shape index (κ3) is 3.20. The highest BCUT2D eigenvalue weighted by atomic mass is 19.1. The molecule has 0 saturated heterocycles. The molecule has 1 heterocycles. The summed E-state index contributed by atoms with van der Waals surface area (Å²) in [5, 5.41) is 8.73. The average molecular weight is 302 g/mol. The van der Waals surface area contributed by atoms with Crippen LogP contribution in [0.2, 0.25) is 0 Å². The number of rotatable bonds is 7. The number of nitrogens with one attached hydrogen (secondary N) is 3. The number of benzene rings is 1. The second-order valence-corrected chi connectivity index (χ2v) is 5.21. The number of hydrogen-bond acceptors (Lipinski definition) is 3. The van der Waals surface area contributed by atoms with Crippen molar-refractivity contribution in [3.63, 3.8) is 0 Å². The van der Waals surface area contributed by atoms with E-state index in [1.807, 2.05) is 6.92 Å². The van der Waals surface area contributed by atoms with Gasteiger partial charge in [-0.25, -0.2) is 4.39 Å². The molecule has 3 N–H and O–H groups in total. The molecule has 1 aromatic heterocycles. The Morgan fingerprint density at radius 2 is 2.23 bits per heavy atom. The van der Waals surface area contributed by atoms with Gasteiger partial charge in [0.1, 0.15) is 5.82 Å². The molecule has 0 atom stereocenters. The van der Waals surface area contributed by atoms with Crippen LogP contribution in [0.4, 0.5) is 4.39 Å².